The van der Waals surface area contributed by atoms with Gasteiger partial charge in [0.15, 0.2) is 11.5 Å². The average Bonchev–Trinajstić information content (AvgIpc) is 3.08. The van der Waals surface area contributed by atoms with Gasteiger partial charge in [-0.1, -0.05) is 18.2 Å². The number of anilines is 1. The van der Waals surface area contributed by atoms with Crippen molar-refractivity contribution in [2.75, 3.05) is 5.32 Å². The molecule has 22 heavy (non-hydrogen) atoms. The number of H-pyrrole nitrogens is 1. The zero-order valence-electron chi connectivity index (χ0n) is 11.9. The summed E-state index contributed by atoms with van der Waals surface area (Å²) in [4.78, 5) is 19.7. The highest BCUT2D eigenvalue weighted by Crippen LogP contribution is 2.21. The second-order valence-electron chi connectivity index (χ2n) is 5.14. The molecule has 0 bridgehead atoms. The van der Waals surface area contributed by atoms with E-state index in [2.05, 4.69) is 15.3 Å². The molecule has 0 aliphatic heterocycles. The lowest BCUT2D eigenvalue weighted by Gasteiger charge is -2.02. The quantitative estimate of drug-likeness (QED) is 0.589. The van der Waals surface area contributed by atoms with Crippen molar-refractivity contribution in [1.82, 2.24) is 9.97 Å². The van der Waals surface area contributed by atoms with Crippen molar-refractivity contribution in [3.63, 3.8) is 0 Å². The molecule has 0 aliphatic rings. The van der Waals surface area contributed by atoms with Crippen LogP contribution < -0.4 is 5.32 Å². The van der Waals surface area contributed by atoms with E-state index in [1.807, 2.05) is 30.3 Å². The number of oxazole rings is 1. The van der Waals surface area contributed by atoms with Gasteiger partial charge in [-0.25, -0.2) is 4.98 Å². The van der Waals surface area contributed by atoms with Crippen LogP contribution in [0.3, 0.4) is 0 Å². The molecule has 2 aromatic heterocycles. The Morgan fingerprint density at radius 3 is 2.91 bits per heavy atom. The number of hydrogen-bond donors (Lipinski definition) is 2. The summed E-state index contributed by atoms with van der Waals surface area (Å²) >= 11 is 0. The average molecular weight is 291 g/mol. The molecule has 2 aromatic carbocycles. The van der Waals surface area contributed by atoms with Crippen molar-refractivity contribution < 1.29 is 9.21 Å². The number of amides is 1. The fraction of sp³-hybridized carbons (Fsp3) is 0.0588. The van der Waals surface area contributed by atoms with E-state index in [0.717, 1.165) is 16.4 Å². The van der Waals surface area contributed by atoms with E-state index in [0.29, 0.717) is 22.9 Å². The number of nitrogens with one attached hydrogen (secondary N) is 2. The first-order valence-corrected chi connectivity index (χ1v) is 6.95. The minimum Gasteiger partial charge on any atom is -0.441 e. The highest BCUT2D eigenvalue weighted by Gasteiger charge is 2.11. The maximum atomic E-state index is 12.3. The number of aromatic nitrogens is 2. The Morgan fingerprint density at radius 1 is 1.18 bits per heavy atom. The molecule has 0 unspecified atom stereocenters. The molecule has 0 aliphatic carbocycles. The van der Waals surface area contributed by atoms with Crippen molar-refractivity contribution in [1.29, 1.82) is 0 Å². The molecule has 0 saturated heterocycles. The second kappa shape index (κ2) is 4.73. The van der Waals surface area contributed by atoms with Crippen molar-refractivity contribution in [2.45, 2.75) is 6.92 Å². The monoisotopic (exact) mass is 291 g/mol. The van der Waals surface area contributed by atoms with Crippen molar-refractivity contribution in [3.05, 3.63) is 60.1 Å². The summed E-state index contributed by atoms with van der Waals surface area (Å²) in [5, 5.41) is 3.88. The Bertz CT molecular complexity index is 964. The standard InChI is InChI=1S/C17H13N3O2/c1-10-18-14-9-12(6-7-16(14)22-10)19-17(21)15-8-11-4-2-3-5-13(11)20-15/h2-9,20H,1H3,(H,19,21). The van der Waals surface area contributed by atoms with Crippen LogP contribution in [0.25, 0.3) is 22.0 Å². The Labute approximate surface area is 126 Å². The number of hydrogen-bond acceptors (Lipinski definition) is 3. The number of fused-ring (bicyclic) bond motifs is 2. The minimum atomic E-state index is -0.184. The highest BCUT2D eigenvalue weighted by atomic mass is 16.3. The van der Waals surface area contributed by atoms with Crippen LogP contribution in [-0.2, 0) is 0 Å². The first-order chi connectivity index (χ1) is 10.7. The number of carbonyl (C=O) groups excluding carboxylic acids is 1. The lowest BCUT2D eigenvalue weighted by molar-refractivity contribution is 0.102. The van der Waals surface area contributed by atoms with Gasteiger partial charge < -0.3 is 14.7 Å². The number of aryl methyl sites for hydroxylation is 1. The van der Waals surface area contributed by atoms with Crippen molar-refractivity contribution in [3.8, 4) is 0 Å². The summed E-state index contributed by atoms with van der Waals surface area (Å²) in [6.07, 6.45) is 0. The van der Waals surface area contributed by atoms with E-state index in [9.17, 15) is 4.79 Å². The van der Waals surface area contributed by atoms with Gasteiger partial charge in [0, 0.05) is 23.5 Å². The maximum absolute atomic E-state index is 12.3. The first kappa shape index (κ1) is 12.6. The highest BCUT2D eigenvalue weighted by molar-refractivity contribution is 6.06. The van der Waals surface area contributed by atoms with Crippen LogP contribution in [0.4, 0.5) is 5.69 Å². The largest absolute Gasteiger partial charge is 0.441 e. The first-order valence-electron chi connectivity index (χ1n) is 6.95. The predicted octanol–water partition coefficient (Wildman–Crippen LogP) is 3.87. The molecule has 108 valence electrons. The fourth-order valence-corrected chi connectivity index (χ4v) is 2.51. The Balaban J connectivity index is 1.64. The molecule has 0 spiro atoms. The van der Waals surface area contributed by atoms with Crippen LogP contribution in [-0.4, -0.2) is 15.9 Å². The summed E-state index contributed by atoms with van der Waals surface area (Å²) in [6, 6.07) is 15.0. The summed E-state index contributed by atoms with van der Waals surface area (Å²) in [5.41, 5.74) is 3.59. The molecule has 0 radical (unpaired) electrons. The lowest BCUT2D eigenvalue weighted by Crippen LogP contribution is -2.12. The Kier molecular flexibility index (Phi) is 2.72. The second-order valence-corrected chi connectivity index (χ2v) is 5.14. The van der Waals surface area contributed by atoms with Gasteiger partial charge in [0.1, 0.15) is 11.2 Å². The number of carbonyl (C=O) groups is 1. The van der Waals surface area contributed by atoms with Gasteiger partial charge in [0.05, 0.1) is 0 Å². The minimum absolute atomic E-state index is 0.184. The van der Waals surface area contributed by atoms with Crippen molar-refractivity contribution >= 4 is 33.6 Å². The third-order valence-corrected chi connectivity index (χ3v) is 3.53. The molecule has 0 atom stereocenters. The topological polar surface area (TPSA) is 70.9 Å². The number of benzene rings is 2. The summed E-state index contributed by atoms with van der Waals surface area (Å²) in [7, 11) is 0. The van der Waals surface area contributed by atoms with Crippen LogP contribution in [0.15, 0.2) is 52.9 Å². The Hall–Kier alpha value is -3.08. The van der Waals surface area contributed by atoms with Crippen LogP contribution in [0.1, 0.15) is 16.4 Å². The smallest absolute Gasteiger partial charge is 0.272 e. The van der Waals surface area contributed by atoms with E-state index in [4.69, 9.17) is 4.42 Å². The van der Waals surface area contributed by atoms with Gasteiger partial charge in [0.25, 0.3) is 5.91 Å². The fourth-order valence-electron chi connectivity index (χ4n) is 2.51. The molecule has 4 rings (SSSR count). The Morgan fingerprint density at radius 2 is 2.05 bits per heavy atom. The molecule has 0 saturated carbocycles. The van der Waals surface area contributed by atoms with Gasteiger partial charge in [0.2, 0.25) is 0 Å². The van der Waals surface area contributed by atoms with E-state index >= 15 is 0 Å². The van der Waals surface area contributed by atoms with Gasteiger partial charge in [-0.3, -0.25) is 4.79 Å². The zero-order chi connectivity index (χ0) is 15.1. The number of aromatic amines is 1. The zero-order valence-corrected chi connectivity index (χ0v) is 11.9. The van der Waals surface area contributed by atoms with Gasteiger partial charge in [-0.2, -0.15) is 0 Å². The molecule has 5 heteroatoms. The number of nitrogens with zero attached hydrogens (tertiary/aromatic N) is 1. The van der Waals surface area contributed by atoms with Crippen molar-refractivity contribution in [2.24, 2.45) is 0 Å². The SMILES string of the molecule is Cc1nc2cc(NC(=O)c3cc4ccccc4[nH]3)ccc2o1. The number of rotatable bonds is 2. The molecule has 0 fully saturated rings. The normalized spacial score (nSPS) is 11.1. The van der Waals surface area contributed by atoms with Gasteiger partial charge in [-0.05, 0) is 30.3 Å². The van der Waals surface area contributed by atoms with Gasteiger partial charge in [-0.15, -0.1) is 0 Å². The molecule has 1 amide bonds. The lowest BCUT2D eigenvalue weighted by atomic mass is 10.2. The molecule has 4 aromatic rings. The summed E-state index contributed by atoms with van der Waals surface area (Å²) in [5.74, 6) is 0.421. The van der Waals surface area contributed by atoms with E-state index in [-0.39, 0.29) is 5.91 Å². The molecular weight excluding hydrogens is 278 g/mol. The van der Waals surface area contributed by atoms with E-state index in [1.54, 1.807) is 25.1 Å². The summed E-state index contributed by atoms with van der Waals surface area (Å²) < 4.78 is 5.42. The predicted molar refractivity (Wildman–Crippen MR) is 85.0 cm³/mol. The third-order valence-electron chi connectivity index (χ3n) is 3.53. The molecule has 2 N–H and O–H groups in total. The van der Waals surface area contributed by atoms with E-state index in [1.165, 1.54) is 0 Å². The maximum Gasteiger partial charge on any atom is 0.272 e. The van der Waals surface area contributed by atoms with Gasteiger partial charge >= 0.3 is 0 Å². The van der Waals surface area contributed by atoms with Crippen LogP contribution >= 0.6 is 0 Å². The third kappa shape index (κ3) is 2.13. The molecule has 5 nitrogen and oxygen atoms in total. The van der Waals surface area contributed by atoms with Crippen LogP contribution in [0, 0.1) is 6.92 Å². The van der Waals surface area contributed by atoms with Crippen LogP contribution in [0.5, 0.6) is 0 Å². The number of para-hydroxylation sites is 1. The van der Waals surface area contributed by atoms with E-state index < -0.39 is 0 Å². The summed E-state index contributed by atoms with van der Waals surface area (Å²) in [6.45, 7) is 1.79. The molecule has 2 heterocycles. The van der Waals surface area contributed by atoms with Crippen LogP contribution in [0.2, 0.25) is 0 Å². The molecular formula is C17H13N3O2.